The molecule has 0 saturated carbocycles. The molecular weight excluding hydrogens is 362 g/mol. The van der Waals surface area contributed by atoms with Crippen molar-refractivity contribution < 1.29 is 18.3 Å². The molecule has 2 N–H and O–H groups in total. The number of ether oxygens (including phenoxy) is 1. The second-order valence-electron chi connectivity index (χ2n) is 5.20. The Bertz CT molecular complexity index is 915. The number of benzene rings is 2. The van der Waals surface area contributed by atoms with Crippen molar-refractivity contribution in [2.75, 3.05) is 12.4 Å². The fourth-order valence-corrected chi connectivity index (χ4v) is 2.83. The molecule has 6 nitrogen and oxygen atoms in total. The van der Waals surface area contributed by atoms with Crippen LogP contribution in [0.4, 0.5) is 20.4 Å². The van der Waals surface area contributed by atoms with Crippen LogP contribution in [0, 0.1) is 11.6 Å². The van der Waals surface area contributed by atoms with Crippen LogP contribution in [-0.4, -0.2) is 28.3 Å². The van der Waals surface area contributed by atoms with E-state index in [-0.39, 0.29) is 0 Å². The lowest BCUT2D eigenvalue weighted by Gasteiger charge is -2.03. The lowest BCUT2D eigenvalue weighted by Crippen LogP contribution is -2.01. The molecule has 0 amide bonds. The van der Waals surface area contributed by atoms with E-state index in [0.29, 0.717) is 33.7 Å². The normalized spacial score (nSPS) is 10.6. The Morgan fingerprint density at radius 3 is 2.65 bits per heavy atom. The van der Waals surface area contributed by atoms with Gasteiger partial charge >= 0.3 is 5.97 Å². The fraction of sp³-hybridized carbons (Fsp3) is 0.118. The molecule has 1 heterocycles. The first-order valence-corrected chi connectivity index (χ1v) is 8.48. The average Bonchev–Trinajstić information content (AvgIpc) is 3.10. The van der Waals surface area contributed by atoms with Gasteiger partial charge in [0.15, 0.2) is 16.8 Å². The highest BCUT2D eigenvalue weighted by Crippen LogP contribution is 2.22. The molecule has 0 aliphatic carbocycles. The Labute approximate surface area is 152 Å². The number of carbonyl (C=O) groups excluding carboxylic acids is 1. The van der Waals surface area contributed by atoms with Crippen molar-refractivity contribution in [3.8, 4) is 0 Å². The van der Waals surface area contributed by atoms with Gasteiger partial charge in [-0.05, 0) is 42.0 Å². The summed E-state index contributed by atoms with van der Waals surface area (Å²) in [5.74, 6) is -1.39. The number of rotatable bonds is 6. The highest BCUT2D eigenvalue weighted by Gasteiger charge is 2.08. The van der Waals surface area contributed by atoms with Gasteiger partial charge in [0.1, 0.15) is 0 Å². The van der Waals surface area contributed by atoms with Gasteiger partial charge in [-0.3, -0.25) is 5.10 Å². The van der Waals surface area contributed by atoms with Crippen LogP contribution in [0.1, 0.15) is 15.9 Å². The molecule has 0 saturated heterocycles. The average molecular weight is 376 g/mol. The molecule has 9 heteroatoms. The number of anilines is 2. The van der Waals surface area contributed by atoms with E-state index in [4.69, 9.17) is 0 Å². The molecule has 0 fully saturated rings. The zero-order chi connectivity index (χ0) is 18.5. The van der Waals surface area contributed by atoms with E-state index < -0.39 is 17.6 Å². The molecular formula is C17H14F2N4O2S. The van der Waals surface area contributed by atoms with Crippen LogP contribution in [-0.2, 0) is 10.5 Å². The minimum Gasteiger partial charge on any atom is -0.465 e. The summed E-state index contributed by atoms with van der Waals surface area (Å²) in [6, 6.07) is 10.4. The predicted octanol–water partition coefficient (Wildman–Crippen LogP) is 3.91. The third kappa shape index (κ3) is 4.37. The van der Waals surface area contributed by atoms with Gasteiger partial charge in [0.05, 0.1) is 12.7 Å². The van der Waals surface area contributed by atoms with Gasteiger partial charge in [-0.2, -0.15) is 4.98 Å². The molecule has 3 aromatic rings. The van der Waals surface area contributed by atoms with E-state index in [2.05, 4.69) is 25.2 Å². The molecule has 2 aromatic carbocycles. The summed E-state index contributed by atoms with van der Waals surface area (Å²) in [5, 5.41) is 10.3. The van der Waals surface area contributed by atoms with Gasteiger partial charge < -0.3 is 10.1 Å². The third-order valence-electron chi connectivity index (χ3n) is 3.39. The largest absolute Gasteiger partial charge is 0.465 e. The molecule has 0 unspecified atom stereocenters. The van der Waals surface area contributed by atoms with Gasteiger partial charge in [-0.1, -0.05) is 17.8 Å². The maximum Gasteiger partial charge on any atom is 0.337 e. The minimum atomic E-state index is -0.876. The molecule has 0 aliphatic rings. The van der Waals surface area contributed by atoms with E-state index in [1.807, 2.05) is 0 Å². The number of methoxy groups -OCH3 is 1. The SMILES string of the molecule is COC(=O)c1ccc(Nc2n[nH]c(SCc3ccc(F)c(F)c3)n2)cc1. The number of halogens is 2. The van der Waals surface area contributed by atoms with E-state index in [1.165, 1.54) is 24.9 Å². The molecule has 0 spiro atoms. The van der Waals surface area contributed by atoms with Crippen molar-refractivity contribution in [1.29, 1.82) is 0 Å². The van der Waals surface area contributed by atoms with E-state index in [9.17, 15) is 13.6 Å². The smallest absolute Gasteiger partial charge is 0.337 e. The van der Waals surface area contributed by atoms with E-state index in [1.54, 1.807) is 24.3 Å². The maximum atomic E-state index is 13.2. The maximum absolute atomic E-state index is 13.2. The third-order valence-corrected chi connectivity index (χ3v) is 4.32. The van der Waals surface area contributed by atoms with Gasteiger partial charge in [0.25, 0.3) is 0 Å². The van der Waals surface area contributed by atoms with E-state index >= 15 is 0 Å². The summed E-state index contributed by atoms with van der Waals surface area (Å²) in [6.07, 6.45) is 0. The van der Waals surface area contributed by atoms with Crippen molar-refractivity contribution in [3.05, 3.63) is 65.2 Å². The van der Waals surface area contributed by atoms with Crippen molar-refractivity contribution in [2.24, 2.45) is 0 Å². The molecule has 0 bridgehead atoms. The summed E-state index contributed by atoms with van der Waals surface area (Å²) in [4.78, 5) is 15.7. The molecule has 3 rings (SSSR count). The van der Waals surface area contributed by atoms with Crippen LogP contribution in [0.2, 0.25) is 0 Å². The standard InChI is InChI=1S/C17H14F2N4O2S/c1-25-15(24)11-3-5-12(6-4-11)20-16-21-17(23-22-16)26-9-10-2-7-13(18)14(19)8-10/h2-8H,9H2,1H3,(H2,20,21,22,23). The highest BCUT2D eigenvalue weighted by atomic mass is 32.2. The van der Waals surface area contributed by atoms with Gasteiger partial charge in [0, 0.05) is 11.4 Å². The van der Waals surface area contributed by atoms with Crippen LogP contribution in [0.25, 0.3) is 0 Å². The summed E-state index contributed by atoms with van der Waals surface area (Å²) in [7, 11) is 1.32. The quantitative estimate of drug-likeness (QED) is 0.502. The lowest BCUT2D eigenvalue weighted by atomic mass is 10.2. The monoisotopic (exact) mass is 376 g/mol. The molecule has 1 aromatic heterocycles. The Morgan fingerprint density at radius 2 is 1.96 bits per heavy atom. The number of hydrogen-bond donors (Lipinski definition) is 2. The summed E-state index contributed by atoms with van der Waals surface area (Å²) >= 11 is 1.31. The van der Waals surface area contributed by atoms with Gasteiger partial charge in [0.2, 0.25) is 5.95 Å². The first kappa shape index (κ1) is 17.9. The van der Waals surface area contributed by atoms with Crippen molar-refractivity contribution in [1.82, 2.24) is 15.2 Å². The van der Waals surface area contributed by atoms with Crippen LogP contribution >= 0.6 is 11.8 Å². The lowest BCUT2D eigenvalue weighted by molar-refractivity contribution is 0.0601. The van der Waals surface area contributed by atoms with Crippen molar-refractivity contribution in [3.63, 3.8) is 0 Å². The summed E-state index contributed by atoms with van der Waals surface area (Å²) < 4.78 is 30.7. The van der Waals surface area contributed by atoms with Gasteiger partial charge in [-0.25, -0.2) is 13.6 Å². The Balaban J connectivity index is 1.59. The van der Waals surface area contributed by atoms with Crippen LogP contribution in [0.15, 0.2) is 47.6 Å². The second kappa shape index (κ2) is 7.96. The molecule has 0 radical (unpaired) electrons. The van der Waals surface area contributed by atoms with Crippen molar-refractivity contribution >= 4 is 29.4 Å². The highest BCUT2D eigenvalue weighted by molar-refractivity contribution is 7.98. The number of hydrogen-bond acceptors (Lipinski definition) is 6. The van der Waals surface area contributed by atoms with Crippen molar-refractivity contribution in [2.45, 2.75) is 10.9 Å². The number of esters is 1. The Hall–Kier alpha value is -2.94. The Morgan fingerprint density at radius 1 is 1.19 bits per heavy atom. The zero-order valence-corrected chi connectivity index (χ0v) is 14.4. The molecule has 0 aliphatic heterocycles. The van der Waals surface area contributed by atoms with Gasteiger partial charge in [-0.15, -0.1) is 5.10 Å². The summed E-state index contributed by atoms with van der Waals surface area (Å²) in [6.45, 7) is 0. The number of nitrogens with one attached hydrogen (secondary N) is 2. The van der Waals surface area contributed by atoms with Crippen LogP contribution < -0.4 is 5.32 Å². The first-order chi connectivity index (χ1) is 12.5. The minimum absolute atomic E-state index is 0.351. The number of carbonyl (C=O) groups is 1. The molecule has 26 heavy (non-hydrogen) atoms. The molecule has 134 valence electrons. The van der Waals surface area contributed by atoms with Crippen LogP contribution in [0.3, 0.4) is 0 Å². The fourth-order valence-electron chi connectivity index (χ4n) is 2.09. The predicted molar refractivity (Wildman–Crippen MR) is 93.4 cm³/mol. The molecule has 0 atom stereocenters. The van der Waals surface area contributed by atoms with E-state index in [0.717, 1.165) is 12.1 Å². The number of nitrogens with zero attached hydrogens (tertiary/aromatic N) is 2. The number of thioether (sulfide) groups is 1. The second-order valence-corrected chi connectivity index (χ2v) is 6.16. The first-order valence-electron chi connectivity index (χ1n) is 7.49. The zero-order valence-electron chi connectivity index (χ0n) is 13.6. The Kier molecular flexibility index (Phi) is 5.47. The van der Waals surface area contributed by atoms with Crippen LogP contribution in [0.5, 0.6) is 0 Å². The number of aromatic amines is 1. The number of aromatic nitrogens is 3. The summed E-state index contributed by atoms with van der Waals surface area (Å²) in [5.41, 5.74) is 1.78. The topological polar surface area (TPSA) is 79.9 Å². The number of H-pyrrole nitrogens is 1.